The number of nitrogens with one attached hydrogen (secondary N) is 1. The maximum absolute atomic E-state index is 13.3. The predicted octanol–water partition coefficient (Wildman–Crippen LogP) is 4.82. The molecule has 21 heavy (non-hydrogen) atoms. The molecule has 0 bridgehead atoms. The van der Waals surface area contributed by atoms with Crippen molar-refractivity contribution in [2.24, 2.45) is 0 Å². The van der Waals surface area contributed by atoms with E-state index >= 15 is 0 Å². The fourth-order valence-electron chi connectivity index (χ4n) is 2.89. The Morgan fingerprint density at radius 3 is 3.00 bits per heavy atom. The number of hydrogen-bond donors (Lipinski definition) is 1. The molecule has 1 aliphatic heterocycles. The molecule has 0 amide bonds. The molecule has 118 valence electrons. The smallest absolute Gasteiger partial charge is 0.124 e. The summed E-state index contributed by atoms with van der Waals surface area (Å²) in [5, 5.41) is 3.60. The maximum atomic E-state index is 13.3. The second kappa shape index (κ2) is 9.06. The fraction of sp³-hybridized carbons (Fsp3) is 0.647. The van der Waals surface area contributed by atoms with Crippen LogP contribution in [0.2, 0.25) is 0 Å². The van der Waals surface area contributed by atoms with Gasteiger partial charge in [0.15, 0.2) is 0 Å². The summed E-state index contributed by atoms with van der Waals surface area (Å²) in [6, 6.07) is 5.43. The van der Waals surface area contributed by atoms with Crippen molar-refractivity contribution < 1.29 is 9.13 Å². The largest absolute Gasteiger partial charge is 0.378 e. The Labute approximate surface area is 141 Å². The minimum absolute atomic E-state index is 0.156. The van der Waals surface area contributed by atoms with Gasteiger partial charge in [-0.1, -0.05) is 13.0 Å². The highest BCUT2D eigenvalue weighted by atomic mass is 127. The van der Waals surface area contributed by atoms with Crippen molar-refractivity contribution in [1.82, 2.24) is 5.32 Å². The summed E-state index contributed by atoms with van der Waals surface area (Å²) in [7, 11) is 0. The van der Waals surface area contributed by atoms with Gasteiger partial charge in [-0.2, -0.15) is 0 Å². The van der Waals surface area contributed by atoms with Gasteiger partial charge in [-0.15, -0.1) is 0 Å². The summed E-state index contributed by atoms with van der Waals surface area (Å²) < 4.78 is 20.0. The van der Waals surface area contributed by atoms with E-state index in [-0.39, 0.29) is 5.82 Å². The first kappa shape index (κ1) is 17.2. The Hall–Kier alpha value is -0.200. The first-order valence-corrected chi connectivity index (χ1v) is 9.08. The standard InChI is InChI=1S/C17H25FINO/c1-2-10-20-17(7-3-5-14-6-4-11-21-14)15-9-8-13(18)12-16(15)19/h8-9,12,14,17,20H,2-7,10-11H2,1H3. The van der Waals surface area contributed by atoms with Gasteiger partial charge in [0.1, 0.15) is 5.82 Å². The monoisotopic (exact) mass is 405 g/mol. The van der Waals surface area contributed by atoms with E-state index in [1.54, 1.807) is 12.1 Å². The molecule has 1 aromatic rings. The Morgan fingerprint density at radius 1 is 1.48 bits per heavy atom. The molecule has 0 spiro atoms. The molecule has 2 unspecified atom stereocenters. The zero-order chi connectivity index (χ0) is 15.1. The van der Waals surface area contributed by atoms with Gasteiger partial charge >= 0.3 is 0 Å². The predicted molar refractivity (Wildman–Crippen MR) is 93.0 cm³/mol. The Kier molecular flexibility index (Phi) is 7.40. The van der Waals surface area contributed by atoms with Crippen molar-refractivity contribution >= 4 is 22.6 Å². The lowest BCUT2D eigenvalue weighted by atomic mass is 9.99. The SMILES string of the molecule is CCCNC(CCCC1CCCO1)c1ccc(F)cc1I. The van der Waals surface area contributed by atoms with Crippen LogP contribution in [0.25, 0.3) is 0 Å². The van der Waals surface area contributed by atoms with Crippen molar-refractivity contribution in [3.05, 3.63) is 33.1 Å². The number of ether oxygens (including phenoxy) is 1. The van der Waals surface area contributed by atoms with Crippen molar-refractivity contribution in [2.45, 2.75) is 57.6 Å². The van der Waals surface area contributed by atoms with Gasteiger partial charge in [0, 0.05) is 16.2 Å². The van der Waals surface area contributed by atoms with Crippen molar-refractivity contribution in [3.63, 3.8) is 0 Å². The second-order valence-corrected chi connectivity index (χ2v) is 6.90. The minimum atomic E-state index is -0.156. The van der Waals surface area contributed by atoms with Gasteiger partial charge in [-0.05, 0) is 85.4 Å². The van der Waals surface area contributed by atoms with E-state index in [2.05, 4.69) is 34.8 Å². The van der Waals surface area contributed by atoms with Gasteiger partial charge in [0.2, 0.25) is 0 Å². The zero-order valence-corrected chi connectivity index (χ0v) is 14.9. The van der Waals surface area contributed by atoms with Crippen molar-refractivity contribution in [2.75, 3.05) is 13.2 Å². The topological polar surface area (TPSA) is 21.3 Å². The maximum Gasteiger partial charge on any atom is 0.124 e. The first-order chi connectivity index (χ1) is 10.2. The Balaban J connectivity index is 1.92. The first-order valence-electron chi connectivity index (χ1n) is 8.00. The van der Waals surface area contributed by atoms with Gasteiger partial charge < -0.3 is 10.1 Å². The molecule has 0 radical (unpaired) electrons. The minimum Gasteiger partial charge on any atom is -0.378 e. The molecule has 0 aromatic heterocycles. The van der Waals surface area contributed by atoms with Crippen molar-refractivity contribution in [1.29, 1.82) is 0 Å². The van der Waals surface area contributed by atoms with Crippen LogP contribution >= 0.6 is 22.6 Å². The molecular weight excluding hydrogens is 380 g/mol. The molecule has 2 nitrogen and oxygen atoms in total. The molecular formula is C17H25FINO. The number of halogens is 2. The molecule has 1 N–H and O–H groups in total. The van der Waals surface area contributed by atoms with E-state index in [4.69, 9.17) is 4.74 Å². The Morgan fingerprint density at radius 2 is 2.33 bits per heavy atom. The summed E-state index contributed by atoms with van der Waals surface area (Å²) in [5.74, 6) is -0.156. The molecule has 1 saturated heterocycles. The zero-order valence-electron chi connectivity index (χ0n) is 12.7. The number of benzene rings is 1. The number of rotatable bonds is 8. The summed E-state index contributed by atoms with van der Waals surface area (Å²) >= 11 is 2.24. The van der Waals surface area contributed by atoms with Crippen LogP contribution in [-0.4, -0.2) is 19.3 Å². The van der Waals surface area contributed by atoms with Crippen LogP contribution in [0.3, 0.4) is 0 Å². The lowest BCUT2D eigenvalue weighted by molar-refractivity contribution is 0.101. The molecule has 0 aliphatic carbocycles. The lowest BCUT2D eigenvalue weighted by Gasteiger charge is -2.21. The summed E-state index contributed by atoms with van der Waals surface area (Å²) in [5.41, 5.74) is 1.22. The molecule has 1 aromatic carbocycles. The van der Waals surface area contributed by atoms with Crippen LogP contribution < -0.4 is 5.32 Å². The van der Waals surface area contributed by atoms with Crippen LogP contribution in [-0.2, 0) is 4.74 Å². The fourth-order valence-corrected chi connectivity index (χ4v) is 3.75. The third kappa shape index (κ3) is 5.49. The van der Waals surface area contributed by atoms with Gasteiger partial charge in [-0.25, -0.2) is 4.39 Å². The van der Waals surface area contributed by atoms with Crippen LogP contribution in [0.15, 0.2) is 18.2 Å². The lowest BCUT2D eigenvalue weighted by Crippen LogP contribution is -2.23. The third-order valence-electron chi connectivity index (χ3n) is 4.02. The quantitative estimate of drug-likeness (QED) is 0.627. The molecule has 1 aliphatic rings. The average molecular weight is 405 g/mol. The van der Waals surface area contributed by atoms with E-state index in [9.17, 15) is 4.39 Å². The molecule has 0 saturated carbocycles. The highest BCUT2D eigenvalue weighted by molar-refractivity contribution is 14.1. The summed E-state index contributed by atoms with van der Waals surface area (Å²) in [4.78, 5) is 0. The van der Waals surface area contributed by atoms with E-state index in [1.165, 1.54) is 18.4 Å². The highest BCUT2D eigenvalue weighted by Crippen LogP contribution is 2.27. The van der Waals surface area contributed by atoms with Crippen LogP contribution in [0, 0.1) is 9.39 Å². The van der Waals surface area contributed by atoms with Crippen LogP contribution in [0.1, 0.15) is 57.1 Å². The van der Waals surface area contributed by atoms with E-state index < -0.39 is 0 Å². The van der Waals surface area contributed by atoms with Crippen LogP contribution in [0.4, 0.5) is 4.39 Å². The van der Waals surface area contributed by atoms with Gasteiger partial charge in [-0.3, -0.25) is 0 Å². The molecule has 1 fully saturated rings. The van der Waals surface area contributed by atoms with Gasteiger partial charge in [0.25, 0.3) is 0 Å². The summed E-state index contributed by atoms with van der Waals surface area (Å²) in [6.07, 6.45) is 7.37. The average Bonchev–Trinajstić information content (AvgIpc) is 2.96. The van der Waals surface area contributed by atoms with Gasteiger partial charge in [0.05, 0.1) is 6.10 Å². The molecule has 1 heterocycles. The van der Waals surface area contributed by atoms with E-state index in [0.29, 0.717) is 12.1 Å². The Bertz CT molecular complexity index is 435. The molecule has 4 heteroatoms. The molecule has 2 rings (SSSR count). The van der Waals surface area contributed by atoms with Crippen LogP contribution in [0.5, 0.6) is 0 Å². The number of hydrogen-bond acceptors (Lipinski definition) is 2. The third-order valence-corrected chi connectivity index (χ3v) is 4.96. The highest BCUT2D eigenvalue weighted by Gasteiger charge is 2.18. The summed E-state index contributed by atoms with van der Waals surface area (Å²) in [6.45, 7) is 4.10. The van der Waals surface area contributed by atoms with Crippen molar-refractivity contribution in [3.8, 4) is 0 Å². The molecule has 2 atom stereocenters. The van der Waals surface area contributed by atoms with E-state index in [1.807, 2.05) is 6.07 Å². The second-order valence-electron chi connectivity index (χ2n) is 5.74. The van der Waals surface area contributed by atoms with E-state index in [0.717, 1.165) is 42.4 Å². The normalized spacial score (nSPS) is 19.9.